The van der Waals surface area contributed by atoms with E-state index in [9.17, 15) is 0 Å². The molecule has 4 aromatic rings. The molecule has 3 aromatic heterocycles. The summed E-state index contributed by atoms with van der Waals surface area (Å²) in [4.78, 5) is 6.74. The van der Waals surface area contributed by atoms with Crippen molar-refractivity contribution in [1.82, 2.24) is 24.9 Å². The third-order valence-corrected chi connectivity index (χ3v) is 6.06. The van der Waals surface area contributed by atoms with Crippen LogP contribution < -0.4 is 9.64 Å². The van der Waals surface area contributed by atoms with Crippen molar-refractivity contribution < 1.29 is 18.4 Å². The number of hydrogen-bond donors (Lipinski definition) is 0. The molecule has 1 aliphatic rings. The van der Waals surface area contributed by atoms with Crippen molar-refractivity contribution >= 4 is 17.7 Å². The number of furan rings is 1. The highest BCUT2D eigenvalue weighted by molar-refractivity contribution is 7.98. The number of hydrogen-bond acceptors (Lipinski definition) is 10. The lowest BCUT2D eigenvalue weighted by Crippen LogP contribution is -2.38. The molecule has 10 nitrogen and oxygen atoms in total. The summed E-state index contributed by atoms with van der Waals surface area (Å²) in [7, 11) is 0. The summed E-state index contributed by atoms with van der Waals surface area (Å²) in [6.07, 6.45) is 1.67. The van der Waals surface area contributed by atoms with E-state index in [0.29, 0.717) is 43.8 Å². The van der Waals surface area contributed by atoms with Gasteiger partial charge in [-0.1, -0.05) is 29.1 Å². The average molecular weight is 469 g/mol. The molecule has 0 radical (unpaired) electrons. The van der Waals surface area contributed by atoms with Crippen molar-refractivity contribution in [3.63, 3.8) is 0 Å². The number of rotatable bonds is 9. The van der Waals surface area contributed by atoms with E-state index in [1.807, 2.05) is 43.3 Å². The molecule has 1 saturated heterocycles. The summed E-state index contributed by atoms with van der Waals surface area (Å²) in [6.45, 7) is 5.92. The van der Waals surface area contributed by atoms with Crippen LogP contribution >= 0.6 is 11.8 Å². The molecule has 5 rings (SSSR count). The fourth-order valence-electron chi connectivity index (χ4n) is 3.56. The van der Waals surface area contributed by atoms with E-state index in [0.717, 1.165) is 41.3 Å². The van der Waals surface area contributed by atoms with Gasteiger partial charge in [-0.25, -0.2) is 0 Å². The van der Waals surface area contributed by atoms with Gasteiger partial charge >= 0.3 is 0 Å². The molecule has 11 heteroatoms. The number of thioether (sulfide) groups is 1. The predicted octanol–water partition coefficient (Wildman–Crippen LogP) is 3.50. The molecule has 0 spiro atoms. The van der Waals surface area contributed by atoms with Gasteiger partial charge in [0.1, 0.15) is 11.5 Å². The normalized spacial score (nSPS) is 14.0. The molecular formula is C22H24N6O4S. The largest absolute Gasteiger partial charge is 0.493 e. The summed E-state index contributed by atoms with van der Waals surface area (Å²) in [5.74, 6) is 3.83. The van der Waals surface area contributed by atoms with E-state index in [1.165, 1.54) is 11.8 Å². The van der Waals surface area contributed by atoms with Gasteiger partial charge in [0.05, 0.1) is 43.9 Å². The lowest BCUT2D eigenvalue weighted by atomic mass is 10.2. The van der Waals surface area contributed by atoms with Crippen molar-refractivity contribution in [2.75, 3.05) is 37.8 Å². The van der Waals surface area contributed by atoms with Crippen molar-refractivity contribution in [1.29, 1.82) is 0 Å². The summed E-state index contributed by atoms with van der Waals surface area (Å²) in [5, 5.41) is 13.8. The lowest BCUT2D eigenvalue weighted by Gasteiger charge is -2.27. The number of nitrogens with zero attached hydrogens (tertiary/aromatic N) is 6. The molecule has 172 valence electrons. The van der Waals surface area contributed by atoms with Gasteiger partial charge in [0, 0.05) is 13.1 Å². The van der Waals surface area contributed by atoms with Crippen LogP contribution in [0.5, 0.6) is 5.75 Å². The van der Waals surface area contributed by atoms with Crippen molar-refractivity contribution in [2.24, 2.45) is 0 Å². The quantitative estimate of drug-likeness (QED) is 0.339. The van der Waals surface area contributed by atoms with Gasteiger partial charge in [0.2, 0.25) is 17.7 Å². The third-order valence-electron chi connectivity index (χ3n) is 5.11. The fourth-order valence-corrected chi connectivity index (χ4v) is 4.33. The zero-order valence-corrected chi connectivity index (χ0v) is 19.0. The van der Waals surface area contributed by atoms with E-state index in [1.54, 1.807) is 6.26 Å². The number of anilines is 1. The first-order valence-corrected chi connectivity index (χ1v) is 11.8. The van der Waals surface area contributed by atoms with Crippen molar-refractivity contribution in [3.8, 4) is 17.1 Å². The standard InChI is InChI=1S/C22H24N6O4S/c1-2-30-18-8-4-3-7-17(18)20-23-19(32-26-20)15-33-22-25-24-21(27-9-12-29-13-10-27)28(22)14-16-6-5-11-31-16/h3-8,11H,2,9-10,12-15H2,1H3. The van der Waals surface area contributed by atoms with Crippen LogP contribution in [0.2, 0.25) is 0 Å². The van der Waals surface area contributed by atoms with Crippen LogP contribution in [-0.4, -0.2) is 57.8 Å². The van der Waals surface area contributed by atoms with Gasteiger partial charge in [-0.15, -0.1) is 10.2 Å². The van der Waals surface area contributed by atoms with Gasteiger partial charge < -0.3 is 23.3 Å². The highest BCUT2D eigenvalue weighted by Gasteiger charge is 2.22. The Kier molecular flexibility index (Phi) is 6.58. The molecule has 0 bridgehead atoms. The Labute approximate surface area is 194 Å². The molecule has 1 aliphatic heterocycles. The van der Waals surface area contributed by atoms with E-state index >= 15 is 0 Å². The second-order valence-electron chi connectivity index (χ2n) is 7.28. The smallest absolute Gasteiger partial charge is 0.237 e. The number of benzene rings is 1. The molecule has 4 heterocycles. The Morgan fingerprint density at radius 2 is 1.97 bits per heavy atom. The topological polar surface area (TPSA) is 104 Å². The molecule has 1 aromatic carbocycles. The van der Waals surface area contributed by atoms with Crippen molar-refractivity contribution in [2.45, 2.75) is 24.4 Å². The minimum absolute atomic E-state index is 0.462. The van der Waals surface area contributed by atoms with Gasteiger partial charge in [0.15, 0.2) is 5.16 Å². The SMILES string of the molecule is CCOc1ccccc1-c1noc(CSc2nnc(N3CCOCC3)n2Cc2ccco2)n1. The van der Waals surface area contributed by atoms with Crippen LogP contribution in [0.3, 0.4) is 0 Å². The van der Waals surface area contributed by atoms with Gasteiger partial charge in [-0.05, 0) is 31.2 Å². The molecule has 0 saturated carbocycles. The highest BCUT2D eigenvalue weighted by Crippen LogP contribution is 2.30. The second kappa shape index (κ2) is 10.1. The zero-order valence-electron chi connectivity index (χ0n) is 18.2. The van der Waals surface area contributed by atoms with E-state index < -0.39 is 0 Å². The summed E-state index contributed by atoms with van der Waals surface area (Å²) < 4.78 is 24.3. The summed E-state index contributed by atoms with van der Waals surface area (Å²) >= 11 is 1.49. The molecule has 0 N–H and O–H groups in total. The van der Waals surface area contributed by atoms with Crippen LogP contribution in [0.1, 0.15) is 18.6 Å². The second-order valence-corrected chi connectivity index (χ2v) is 8.22. The van der Waals surface area contributed by atoms with Crippen LogP contribution in [-0.2, 0) is 17.0 Å². The molecule has 33 heavy (non-hydrogen) atoms. The predicted molar refractivity (Wildman–Crippen MR) is 121 cm³/mol. The number of morpholine rings is 1. The Bertz CT molecular complexity index is 1170. The first kappa shape index (κ1) is 21.5. The monoisotopic (exact) mass is 468 g/mol. The molecule has 0 unspecified atom stereocenters. The maximum absolute atomic E-state index is 5.69. The van der Waals surface area contributed by atoms with Crippen LogP contribution in [0.15, 0.2) is 56.8 Å². The van der Waals surface area contributed by atoms with E-state index in [-0.39, 0.29) is 0 Å². The molecule has 1 fully saturated rings. The van der Waals surface area contributed by atoms with Crippen LogP contribution in [0, 0.1) is 0 Å². The number of aromatic nitrogens is 5. The van der Waals surface area contributed by atoms with Gasteiger partial charge in [-0.2, -0.15) is 4.98 Å². The van der Waals surface area contributed by atoms with Gasteiger partial charge in [-0.3, -0.25) is 4.57 Å². The van der Waals surface area contributed by atoms with Crippen LogP contribution in [0.25, 0.3) is 11.4 Å². The maximum Gasteiger partial charge on any atom is 0.237 e. The molecule has 0 atom stereocenters. The maximum atomic E-state index is 5.69. The van der Waals surface area contributed by atoms with Gasteiger partial charge in [0.25, 0.3) is 0 Å². The molecule has 0 aliphatic carbocycles. The zero-order chi connectivity index (χ0) is 22.5. The first-order valence-electron chi connectivity index (χ1n) is 10.8. The summed E-state index contributed by atoms with van der Waals surface area (Å²) in [5.41, 5.74) is 0.801. The highest BCUT2D eigenvalue weighted by atomic mass is 32.2. The average Bonchev–Trinajstić information content (AvgIpc) is 3.61. The number of ether oxygens (including phenoxy) is 2. The fraction of sp³-hybridized carbons (Fsp3) is 0.364. The first-order chi connectivity index (χ1) is 16.3. The molecular weight excluding hydrogens is 444 g/mol. The number of para-hydroxylation sites is 1. The Morgan fingerprint density at radius 3 is 2.79 bits per heavy atom. The Balaban J connectivity index is 1.34. The van der Waals surface area contributed by atoms with E-state index in [4.69, 9.17) is 18.4 Å². The van der Waals surface area contributed by atoms with Crippen molar-refractivity contribution in [3.05, 3.63) is 54.3 Å². The summed E-state index contributed by atoms with van der Waals surface area (Å²) in [6, 6.07) is 11.5. The third kappa shape index (κ3) is 4.88. The van der Waals surface area contributed by atoms with Crippen LogP contribution in [0.4, 0.5) is 5.95 Å². The Hall–Kier alpha value is -3.31. The molecule has 0 amide bonds. The van der Waals surface area contributed by atoms with E-state index in [2.05, 4.69) is 29.8 Å². The minimum atomic E-state index is 0.462. The Morgan fingerprint density at radius 1 is 1.09 bits per heavy atom. The lowest BCUT2D eigenvalue weighted by molar-refractivity contribution is 0.121. The minimum Gasteiger partial charge on any atom is -0.493 e.